The minimum Gasteiger partial charge on any atom is -0.507 e. The van der Waals surface area contributed by atoms with Crippen molar-refractivity contribution in [2.75, 3.05) is 28.4 Å². The number of ketones is 4. The quantitative estimate of drug-likeness (QED) is 0.148. The third kappa shape index (κ3) is 4.78. The molecule has 1 aliphatic heterocycles. The minimum absolute atomic E-state index is 0.450. The first-order valence-corrected chi connectivity index (χ1v) is 16.0. The first kappa shape index (κ1) is 37.7. The van der Waals surface area contributed by atoms with Crippen LogP contribution in [-0.4, -0.2) is 136 Å². The van der Waals surface area contributed by atoms with E-state index in [1.807, 2.05) is 0 Å². The van der Waals surface area contributed by atoms with Gasteiger partial charge in [-0.05, 0) is 19.9 Å². The number of phenols is 2. The van der Waals surface area contributed by atoms with Crippen molar-refractivity contribution in [3.63, 3.8) is 0 Å². The number of phenolic OH excluding ortho intramolecular Hbond substituents is 2. The monoisotopic (exact) mass is 742 g/mol. The van der Waals surface area contributed by atoms with E-state index in [9.17, 15) is 59.6 Å². The minimum atomic E-state index is -3.56. The number of benzene rings is 2. The van der Waals surface area contributed by atoms with Gasteiger partial charge < -0.3 is 49.2 Å². The lowest BCUT2D eigenvalue weighted by molar-refractivity contribution is -0.386. The first-order chi connectivity index (χ1) is 24.9. The maximum absolute atomic E-state index is 14.7. The van der Waals surface area contributed by atoms with Crippen molar-refractivity contribution in [3.8, 4) is 11.5 Å². The summed E-state index contributed by atoms with van der Waals surface area (Å²) in [4.78, 5) is 85.2. The van der Waals surface area contributed by atoms with Crippen LogP contribution in [0.2, 0.25) is 0 Å². The summed E-state index contributed by atoms with van der Waals surface area (Å²) in [5, 5.41) is 70.2. The molecule has 19 heteroatoms. The lowest BCUT2D eigenvalue weighted by Crippen LogP contribution is -2.73. The highest BCUT2D eigenvalue weighted by molar-refractivity contribution is 6.53. The highest BCUT2D eigenvalue weighted by Crippen LogP contribution is 2.58. The number of aromatic hydroxyl groups is 2. The molecule has 0 aromatic heterocycles. The van der Waals surface area contributed by atoms with E-state index < -0.39 is 162 Å². The number of carbonyl (C=O) groups excluding carboxylic acids is 5. The SMILES string of the molecule is COC(=O)c1c(C)c([N+](=O)[O-])c2c(c1O)[C@]1(O)C(=O)c3cc4c(c(O)c3C(=O)[C@]1(OC)[C@H](O)C2)C(=O)CC(=N[C@H]1O[C@@H](C)[C@H](OC)[C@@H](O)[C@H]1OC)C4=O. The molecular formula is C34H34N2O17. The molecular weight excluding hydrogens is 708 g/mol. The maximum Gasteiger partial charge on any atom is 0.342 e. The number of fused-ring (bicyclic) bond motifs is 5. The van der Waals surface area contributed by atoms with E-state index in [-0.39, 0.29) is 0 Å². The number of aliphatic hydroxyl groups is 3. The second kappa shape index (κ2) is 12.8. The van der Waals surface area contributed by atoms with Gasteiger partial charge in [-0.2, -0.15) is 0 Å². The van der Waals surface area contributed by atoms with Gasteiger partial charge in [-0.1, -0.05) is 0 Å². The Morgan fingerprint density at radius 2 is 1.64 bits per heavy atom. The number of nitro groups is 1. The van der Waals surface area contributed by atoms with Gasteiger partial charge in [0.2, 0.25) is 17.3 Å². The van der Waals surface area contributed by atoms with Crippen LogP contribution >= 0.6 is 0 Å². The maximum atomic E-state index is 14.7. The molecule has 282 valence electrons. The summed E-state index contributed by atoms with van der Waals surface area (Å²) in [5.74, 6) is -8.78. The van der Waals surface area contributed by atoms with Gasteiger partial charge in [0.05, 0.1) is 47.5 Å². The molecule has 0 bridgehead atoms. The van der Waals surface area contributed by atoms with E-state index in [1.54, 1.807) is 6.92 Å². The summed E-state index contributed by atoms with van der Waals surface area (Å²) in [6.45, 7) is 2.65. The molecule has 0 radical (unpaired) electrons. The Balaban J connectivity index is 1.59. The van der Waals surface area contributed by atoms with E-state index in [1.165, 1.54) is 14.2 Å². The topological polar surface area (TPSA) is 288 Å². The average Bonchev–Trinajstić information content (AvgIpc) is 3.09. The van der Waals surface area contributed by atoms with Crippen molar-refractivity contribution in [2.24, 2.45) is 4.99 Å². The van der Waals surface area contributed by atoms with Gasteiger partial charge in [-0.15, -0.1) is 0 Å². The highest BCUT2D eigenvalue weighted by atomic mass is 16.6. The zero-order valence-electron chi connectivity index (χ0n) is 29.0. The Morgan fingerprint density at radius 1 is 1.00 bits per heavy atom. The largest absolute Gasteiger partial charge is 0.507 e. The lowest BCUT2D eigenvalue weighted by atomic mass is 9.56. The molecule has 0 amide bonds. The van der Waals surface area contributed by atoms with Crippen LogP contribution in [0.5, 0.6) is 11.5 Å². The number of Topliss-reactive ketones (excluding diaryl/α,β-unsaturated/α-hetero) is 4. The van der Waals surface area contributed by atoms with Crippen molar-refractivity contribution in [2.45, 2.75) is 74.6 Å². The van der Waals surface area contributed by atoms with Crippen molar-refractivity contribution in [1.82, 2.24) is 0 Å². The van der Waals surface area contributed by atoms with Crippen LogP contribution < -0.4 is 0 Å². The van der Waals surface area contributed by atoms with Crippen LogP contribution in [0.4, 0.5) is 5.69 Å². The molecule has 1 heterocycles. The fraction of sp³-hybridized carbons (Fsp3) is 0.471. The molecule has 0 spiro atoms. The molecule has 2 aromatic carbocycles. The van der Waals surface area contributed by atoms with Gasteiger partial charge in [0, 0.05) is 55.6 Å². The molecule has 3 aliphatic carbocycles. The highest BCUT2D eigenvalue weighted by Gasteiger charge is 2.73. The predicted octanol–water partition coefficient (Wildman–Crippen LogP) is 0.0158. The summed E-state index contributed by atoms with van der Waals surface area (Å²) in [6.07, 6.45) is -9.30. The third-order valence-electron chi connectivity index (χ3n) is 10.6. The fourth-order valence-electron chi connectivity index (χ4n) is 8.19. The Labute approximate surface area is 298 Å². The number of aliphatic hydroxyl groups excluding tert-OH is 2. The number of nitro benzene ring substituents is 1. The summed E-state index contributed by atoms with van der Waals surface area (Å²) >= 11 is 0. The fourth-order valence-corrected chi connectivity index (χ4v) is 8.19. The number of hydrogen-bond donors (Lipinski definition) is 5. The van der Waals surface area contributed by atoms with Crippen molar-refractivity contribution in [1.29, 1.82) is 0 Å². The van der Waals surface area contributed by atoms with Gasteiger partial charge in [0.1, 0.15) is 35.4 Å². The number of ether oxygens (including phenoxy) is 5. The van der Waals surface area contributed by atoms with E-state index in [2.05, 4.69) is 9.73 Å². The summed E-state index contributed by atoms with van der Waals surface area (Å²) in [7, 11) is 4.28. The van der Waals surface area contributed by atoms with Crippen LogP contribution in [-0.2, 0) is 35.7 Å². The molecule has 0 saturated carbocycles. The second-order valence-electron chi connectivity index (χ2n) is 13.0. The Morgan fingerprint density at radius 3 is 2.21 bits per heavy atom. The third-order valence-corrected chi connectivity index (χ3v) is 10.6. The van der Waals surface area contributed by atoms with Gasteiger partial charge in [0.15, 0.2) is 23.2 Å². The standard InChI is InChI=1S/C34H34N2O17/c1-10-18(32(45)51-5)25(41)21-14(22(10)36(47)48)8-17(38)34(52-6)30(44)20-13(29(43)33(21,34)46)7-12-19(24(20)40)16(37)9-15(23(12)39)35-31-28(50-4)26(42)27(49-3)11(2)53-31/h7,11,17,26-28,31,38,40-42,46H,8-9H2,1-6H3/t11-,17+,26+,27-,28+,31-,33-,34+/m0/s1. The molecule has 1 fully saturated rings. The number of carbonyl (C=O) groups is 5. The number of aliphatic imine (C=N–C) groups is 1. The normalized spacial score (nSPS) is 31.5. The zero-order chi connectivity index (χ0) is 39.2. The lowest BCUT2D eigenvalue weighted by Gasteiger charge is -2.52. The molecule has 5 N–H and O–H groups in total. The molecule has 53 heavy (non-hydrogen) atoms. The van der Waals surface area contributed by atoms with Crippen LogP contribution in [0.25, 0.3) is 0 Å². The number of methoxy groups -OCH3 is 4. The molecule has 4 aliphatic rings. The second-order valence-corrected chi connectivity index (χ2v) is 13.0. The van der Waals surface area contributed by atoms with E-state index in [4.69, 9.17) is 18.9 Å². The van der Waals surface area contributed by atoms with E-state index in [0.29, 0.717) is 0 Å². The van der Waals surface area contributed by atoms with Crippen molar-refractivity contribution < 1.29 is 78.1 Å². The average molecular weight is 743 g/mol. The Kier molecular flexibility index (Phi) is 9.13. The zero-order valence-corrected chi connectivity index (χ0v) is 29.0. The van der Waals surface area contributed by atoms with Gasteiger partial charge in [-0.25, -0.2) is 4.79 Å². The number of rotatable bonds is 6. The van der Waals surface area contributed by atoms with Gasteiger partial charge in [-0.3, -0.25) is 34.3 Å². The van der Waals surface area contributed by atoms with Crippen LogP contribution in [0.3, 0.4) is 0 Å². The van der Waals surface area contributed by atoms with Crippen molar-refractivity contribution >= 4 is 40.5 Å². The molecule has 2 aromatic rings. The summed E-state index contributed by atoms with van der Waals surface area (Å²) in [5.41, 5.74) is -14.2. The smallest absolute Gasteiger partial charge is 0.342 e. The molecule has 1 saturated heterocycles. The van der Waals surface area contributed by atoms with Crippen LogP contribution in [0.1, 0.15) is 81.8 Å². The van der Waals surface area contributed by atoms with Gasteiger partial charge in [0.25, 0.3) is 5.69 Å². The summed E-state index contributed by atoms with van der Waals surface area (Å²) in [6, 6.07) is 0.729. The number of nitrogens with zero attached hydrogens (tertiary/aromatic N) is 2. The van der Waals surface area contributed by atoms with Crippen LogP contribution in [0.15, 0.2) is 11.1 Å². The summed E-state index contributed by atoms with van der Waals surface area (Å²) < 4.78 is 26.5. The number of hydrogen-bond acceptors (Lipinski definition) is 18. The van der Waals surface area contributed by atoms with Gasteiger partial charge >= 0.3 is 5.97 Å². The van der Waals surface area contributed by atoms with Crippen LogP contribution in [0, 0.1) is 17.0 Å². The molecule has 0 unspecified atom stereocenters. The van der Waals surface area contributed by atoms with E-state index >= 15 is 0 Å². The van der Waals surface area contributed by atoms with E-state index in [0.717, 1.165) is 27.2 Å². The number of esters is 1. The first-order valence-electron chi connectivity index (χ1n) is 16.0. The molecule has 6 rings (SSSR count). The Hall–Kier alpha value is -5.02. The molecule has 8 atom stereocenters. The predicted molar refractivity (Wildman–Crippen MR) is 174 cm³/mol. The Bertz CT molecular complexity index is 2080. The van der Waals surface area contributed by atoms with Crippen molar-refractivity contribution in [3.05, 3.63) is 60.7 Å². The molecule has 19 nitrogen and oxygen atoms in total.